The molecule has 12 heteroatoms. The van der Waals surface area contributed by atoms with Gasteiger partial charge >= 0.3 is 6.18 Å². The quantitative estimate of drug-likeness (QED) is 0.433. The molecule has 1 aromatic carbocycles. The number of benzene rings is 1. The van der Waals surface area contributed by atoms with Gasteiger partial charge in [-0.3, -0.25) is 9.48 Å². The van der Waals surface area contributed by atoms with E-state index in [2.05, 4.69) is 26.6 Å². The summed E-state index contributed by atoms with van der Waals surface area (Å²) in [6.45, 7) is 0.576. The Morgan fingerprint density at radius 3 is 2.76 bits per heavy atom. The van der Waals surface area contributed by atoms with Crippen molar-refractivity contribution in [2.45, 2.75) is 18.1 Å². The van der Waals surface area contributed by atoms with Crippen molar-refractivity contribution in [1.82, 2.24) is 24.4 Å². The van der Waals surface area contributed by atoms with Crippen molar-refractivity contribution >= 4 is 29.3 Å². The number of alkyl halides is 3. The van der Waals surface area contributed by atoms with Crippen LogP contribution < -0.4 is 10.2 Å². The molecular formula is C22H17F3N8O. The summed E-state index contributed by atoms with van der Waals surface area (Å²) in [6, 6.07) is 12.6. The lowest BCUT2D eigenvalue weighted by atomic mass is 9.86. The number of carbonyl (C=O) groups excluding carboxylic acids is 1. The van der Waals surface area contributed by atoms with Gasteiger partial charge in [-0.15, -0.1) is 5.10 Å². The number of hydrogen-bond acceptors (Lipinski definition) is 7. The predicted octanol–water partition coefficient (Wildman–Crippen LogP) is 3.63. The first-order valence-electron chi connectivity index (χ1n) is 10.2. The SMILES string of the molecule is N#CCC1(n2cc(C(F)(F)F)cn2)CN(c2cccn3nc(Nc4cccc(C=O)c4)nc23)C1. The van der Waals surface area contributed by atoms with Crippen molar-refractivity contribution in [3.63, 3.8) is 0 Å². The number of pyridine rings is 1. The first-order chi connectivity index (χ1) is 16.3. The molecule has 0 atom stereocenters. The van der Waals surface area contributed by atoms with Gasteiger partial charge in [0.2, 0.25) is 5.95 Å². The second kappa shape index (κ2) is 7.87. The molecule has 5 rings (SSSR count). The number of aldehydes is 1. The molecule has 1 saturated heterocycles. The van der Waals surface area contributed by atoms with Crippen LogP contribution in [0.3, 0.4) is 0 Å². The Hall–Kier alpha value is -4.40. The summed E-state index contributed by atoms with van der Waals surface area (Å²) < 4.78 is 42.0. The number of rotatable bonds is 6. The van der Waals surface area contributed by atoms with Gasteiger partial charge in [0, 0.05) is 36.7 Å². The molecule has 4 heterocycles. The normalized spacial score (nSPS) is 15.1. The first-order valence-corrected chi connectivity index (χ1v) is 10.2. The summed E-state index contributed by atoms with van der Waals surface area (Å²) >= 11 is 0. The van der Waals surface area contributed by atoms with Crippen molar-refractivity contribution < 1.29 is 18.0 Å². The van der Waals surface area contributed by atoms with E-state index in [9.17, 15) is 23.2 Å². The number of nitrogens with one attached hydrogen (secondary N) is 1. The minimum absolute atomic E-state index is 0.0121. The molecule has 1 fully saturated rings. The third-order valence-corrected chi connectivity index (χ3v) is 5.74. The van der Waals surface area contributed by atoms with E-state index >= 15 is 0 Å². The van der Waals surface area contributed by atoms with Crippen LogP contribution in [0.5, 0.6) is 0 Å². The highest BCUT2D eigenvalue weighted by Crippen LogP contribution is 2.39. The van der Waals surface area contributed by atoms with Crippen LogP contribution in [0.15, 0.2) is 55.0 Å². The van der Waals surface area contributed by atoms with E-state index in [0.29, 0.717) is 22.8 Å². The van der Waals surface area contributed by atoms with E-state index in [1.165, 1.54) is 4.68 Å². The highest BCUT2D eigenvalue weighted by Gasteiger charge is 2.47. The number of halogens is 3. The van der Waals surface area contributed by atoms with Gasteiger partial charge in [0.05, 0.1) is 29.9 Å². The molecule has 0 amide bonds. The summed E-state index contributed by atoms with van der Waals surface area (Å²) in [6.07, 6.45) is -0.297. The molecule has 1 aliphatic heterocycles. The van der Waals surface area contributed by atoms with Crippen molar-refractivity contribution in [2.75, 3.05) is 23.3 Å². The van der Waals surface area contributed by atoms with E-state index in [-0.39, 0.29) is 19.5 Å². The van der Waals surface area contributed by atoms with Crippen LogP contribution in [0.4, 0.5) is 30.5 Å². The van der Waals surface area contributed by atoms with Crippen LogP contribution in [0.25, 0.3) is 5.65 Å². The van der Waals surface area contributed by atoms with Gasteiger partial charge in [-0.2, -0.15) is 28.5 Å². The zero-order valence-electron chi connectivity index (χ0n) is 17.6. The summed E-state index contributed by atoms with van der Waals surface area (Å²) in [5, 5.41) is 20.7. The van der Waals surface area contributed by atoms with Gasteiger partial charge in [0.25, 0.3) is 0 Å². The lowest BCUT2D eigenvalue weighted by molar-refractivity contribution is -0.137. The van der Waals surface area contributed by atoms with Gasteiger partial charge in [0.15, 0.2) is 5.65 Å². The fourth-order valence-corrected chi connectivity index (χ4v) is 4.06. The summed E-state index contributed by atoms with van der Waals surface area (Å²) in [5.74, 6) is 0.321. The molecule has 3 aromatic heterocycles. The number of nitriles is 1. The van der Waals surface area contributed by atoms with Crippen molar-refractivity contribution in [3.05, 3.63) is 66.1 Å². The Labute approximate surface area is 191 Å². The highest BCUT2D eigenvalue weighted by atomic mass is 19.4. The molecule has 9 nitrogen and oxygen atoms in total. The fourth-order valence-electron chi connectivity index (χ4n) is 4.06. The molecule has 1 N–H and O–H groups in total. The van der Waals surface area contributed by atoms with E-state index in [1.54, 1.807) is 41.0 Å². The predicted molar refractivity (Wildman–Crippen MR) is 116 cm³/mol. The minimum atomic E-state index is -4.50. The fraction of sp³-hybridized carbons (Fsp3) is 0.227. The van der Waals surface area contributed by atoms with E-state index in [1.807, 2.05) is 11.0 Å². The zero-order chi connectivity index (χ0) is 23.9. The van der Waals surface area contributed by atoms with Crippen LogP contribution in [0.1, 0.15) is 22.3 Å². The molecule has 0 spiro atoms. The van der Waals surface area contributed by atoms with Crippen molar-refractivity contribution in [2.24, 2.45) is 0 Å². The molecule has 172 valence electrons. The Morgan fingerprint density at radius 1 is 1.24 bits per heavy atom. The van der Waals surface area contributed by atoms with Gasteiger partial charge in [-0.25, -0.2) is 4.52 Å². The monoisotopic (exact) mass is 466 g/mol. The lowest BCUT2D eigenvalue weighted by Crippen LogP contribution is -2.63. The maximum absolute atomic E-state index is 13.0. The second-order valence-corrected chi connectivity index (χ2v) is 8.05. The molecule has 0 radical (unpaired) electrons. The average Bonchev–Trinajstić information content (AvgIpc) is 3.43. The van der Waals surface area contributed by atoms with Crippen molar-refractivity contribution in [1.29, 1.82) is 5.26 Å². The third kappa shape index (κ3) is 3.71. The second-order valence-electron chi connectivity index (χ2n) is 8.05. The third-order valence-electron chi connectivity index (χ3n) is 5.74. The standard InChI is InChI=1S/C22H17F3N8O/c23-22(24,25)16-10-27-33(11-16)21(6-7-26)13-31(14-21)18-5-2-8-32-19(18)29-20(30-32)28-17-4-1-3-15(9-17)12-34/h1-5,8-12H,6,13-14H2,(H,28,30). The lowest BCUT2D eigenvalue weighted by Gasteiger charge is -2.50. The zero-order valence-corrected chi connectivity index (χ0v) is 17.6. The maximum atomic E-state index is 13.0. The maximum Gasteiger partial charge on any atom is 0.419 e. The average molecular weight is 466 g/mol. The first kappa shape index (κ1) is 21.4. The minimum Gasteiger partial charge on any atom is -0.363 e. The van der Waals surface area contributed by atoms with Gasteiger partial charge < -0.3 is 10.2 Å². The molecule has 4 aromatic rings. The number of fused-ring (bicyclic) bond motifs is 1. The number of nitrogens with zero attached hydrogens (tertiary/aromatic N) is 7. The Balaban J connectivity index is 1.41. The van der Waals surface area contributed by atoms with E-state index < -0.39 is 17.3 Å². The Kier molecular flexibility index (Phi) is 4.97. The van der Waals surface area contributed by atoms with E-state index in [0.717, 1.165) is 24.4 Å². The van der Waals surface area contributed by atoms with Crippen molar-refractivity contribution in [3.8, 4) is 6.07 Å². The largest absolute Gasteiger partial charge is 0.419 e. The van der Waals surface area contributed by atoms with Crippen LogP contribution in [-0.2, 0) is 11.7 Å². The smallest absolute Gasteiger partial charge is 0.363 e. The summed E-state index contributed by atoms with van der Waals surface area (Å²) in [4.78, 5) is 17.5. The van der Waals surface area contributed by atoms with Crippen LogP contribution in [0, 0.1) is 11.3 Å². The Morgan fingerprint density at radius 2 is 2.06 bits per heavy atom. The Bertz CT molecular complexity index is 1410. The van der Waals surface area contributed by atoms with Crippen LogP contribution in [-0.4, -0.2) is 43.8 Å². The van der Waals surface area contributed by atoms with Crippen LogP contribution in [0.2, 0.25) is 0 Å². The number of anilines is 3. The molecule has 34 heavy (non-hydrogen) atoms. The topological polar surface area (TPSA) is 104 Å². The molecular weight excluding hydrogens is 449 g/mol. The number of hydrogen-bond donors (Lipinski definition) is 1. The highest BCUT2D eigenvalue weighted by molar-refractivity contribution is 5.78. The molecule has 0 unspecified atom stereocenters. The van der Waals surface area contributed by atoms with Gasteiger partial charge in [-0.05, 0) is 24.3 Å². The molecule has 0 bridgehead atoms. The van der Waals surface area contributed by atoms with Gasteiger partial charge in [0.1, 0.15) is 11.8 Å². The molecule has 0 saturated carbocycles. The number of carbonyl (C=O) groups is 1. The van der Waals surface area contributed by atoms with Gasteiger partial charge in [-0.1, -0.05) is 12.1 Å². The molecule has 1 aliphatic rings. The summed E-state index contributed by atoms with van der Waals surface area (Å²) in [5.41, 5.74) is 0.702. The van der Waals surface area contributed by atoms with Crippen LogP contribution >= 0.6 is 0 Å². The molecule has 0 aliphatic carbocycles. The van der Waals surface area contributed by atoms with E-state index in [4.69, 9.17) is 0 Å². The number of aromatic nitrogens is 5. The summed E-state index contributed by atoms with van der Waals surface area (Å²) in [7, 11) is 0.